The molecule has 0 aliphatic carbocycles. The molecule has 0 aliphatic heterocycles. The molecule has 4 heteroatoms. The van der Waals surface area contributed by atoms with Crippen LogP contribution in [0.4, 0.5) is 0 Å². The zero-order valence-corrected chi connectivity index (χ0v) is 20.4. The van der Waals surface area contributed by atoms with Crippen molar-refractivity contribution < 1.29 is 13.9 Å². The maximum Gasteiger partial charge on any atom is 0.261 e. The van der Waals surface area contributed by atoms with Gasteiger partial charge < -0.3 is 13.9 Å². The Balaban J connectivity index is 2.44. The van der Waals surface area contributed by atoms with Crippen LogP contribution in [0.15, 0.2) is 73.3 Å². The third-order valence-electron chi connectivity index (χ3n) is 5.81. The van der Waals surface area contributed by atoms with Crippen molar-refractivity contribution in [3.05, 3.63) is 73.3 Å². The maximum absolute atomic E-state index is 7.07. The first kappa shape index (κ1) is 24.5. The van der Waals surface area contributed by atoms with E-state index in [1.165, 1.54) is 10.4 Å². The van der Waals surface area contributed by atoms with Gasteiger partial charge in [-0.2, -0.15) is 0 Å². The van der Waals surface area contributed by atoms with Crippen LogP contribution in [0, 0.1) is 11.8 Å². The largest absolute Gasteiger partial charge is 0.407 e. The number of methoxy groups -OCH3 is 1. The van der Waals surface area contributed by atoms with Crippen LogP contribution in [0.25, 0.3) is 0 Å². The van der Waals surface area contributed by atoms with Crippen molar-refractivity contribution in [3.8, 4) is 0 Å². The summed E-state index contributed by atoms with van der Waals surface area (Å²) in [5, 5.41) is 2.55. The lowest BCUT2D eigenvalue weighted by Gasteiger charge is -2.44. The standard InChI is InChI=1S/C26H38O3Si/c1-8-21(2)25(28-20-27-7)22(3)19-29-30(26(4,5)6,23-15-11-9-12-16-23)24-17-13-10-14-18-24/h8-18,21-22,25H,1,19-20H2,2-7H3/t21-,22+,25-/m1/s1. The van der Waals surface area contributed by atoms with Gasteiger partial charge in [0.1, 0.15) is 6.79 Å². The van der Waals surface area contributed by atoms with Crippen molar-refractivity contribution >= 4 is 18.7 Å². The van der Waals surface area contributed by atoms with Crippen LogP contribution in [-0.2, 0) is 13.9 Å². The van der Waals surface area contributed by atoms with Gasteiger partial charge in [-0.3, -0.25) is 0 Å². The molecule has 0 bridgehead atoms. The highest BCUT2D eigenvalue weighted by Gasteiger charge is 2.50. The Morgan fingerprint density at radius 2 is 1.43 bits per heavy atom. The van der Waals surface area contributed by atoms with Crippen LogP contribution in [0.2, 0.25) is 5.04 Å². The average molecular weight is 427 g/mol. The topological polar surface area (TPSA) is 27.7 Å². The molecular formula is C26H38O3Si. The van der Waals surface area contributed by atoms with E-state index in [-0.39, 0.29) is 29.8 Å². The summed E-state index contributed by atoms with van der Waals surface area (Å²) in [4.78, 5) is 0. The lowest BCUT2D eigenvalue weighted by molar-refractivity contribution is -0.106. The molecule has 3 nitrogen and oxygen atoms in total. The Bertz CT molecular complexity index is 715. The maximum atomic E-state index is 7.07. The average Bonchev–Trinajstić information content (AvgIpc) is 2.74. The quantitative estimate of drug-likeness (QED) is 0.287. The Hall–Kier alpha value is -1.72. The zero-order chi connectivity index (χ0) is 22.2. The fourth-order valence-corrected chi connectivity index (χ4v) is 8.90. The molecule has 0 radical (unpaired) electrons. The van der Waals surface area contributed by atoms with Crippen molar-refractivity contribution in [2.45, 2.75) is 45.8 Å². The van der Waals surface area contributed by atoms with E-state index in [1.807, 2.05) is 6.08 Å². The Morgan fingerprint density at radius 1 is 0.933 bits per heavy atom. The van der Waals surface area contributed by atoms with Crippen LogP contribution in [-0.4, -0.2) is 34.9 Å². The van der Waals surface area contributed by atoms with Gasteiger partial charge in [-0.15, -0.1) is 6.58 Å². The van der Waals surface area contributed by atoms with E-state index < -0.39 is 8.32 Å². The van der Waals surface area contributed by atoms with Crippen molar-refractivity contribution in [1.29, 1.82) is 0 Å². The Kier molecular flexibility index (Phi) is 9.04. The lowest BCUT2D eigenvalue weighted by atomic mass is 9.94. The van der Waals surface area contributed by atoms with Crippen LogP contribution in [0.1, 0.15) is 34.6 Å². The minimum Gasteiger partial charge on any atom is -0.407 e. The van der Waals surface area contributed by atoms with Crippen LogP contribution >= 0.6 is 0 Å². The molecule has 30 heavy (non-hydrogen) atoms. The van der Waals surface area contributed by atoms with Gasteiger partial charge in [0.2, 0.25) is 0 Å². The van der Waals surface area contributed by atoms with Crippen LogP contribution in [0.5, 0.6) is 0 Å². The van der Waals surface area contributed by atoms with Crippen molar-refractivity contribution in [2.75, 3.05) is 20.5 Å². The Labute approximate surface area is 184 Å². The number of hydrogen-bond acceptors (Lipinski definition) is 3. The molecule has 0 fully saturated rings. The van der Waals surface area contributed by atoms with Gasteiger partial charge in [-0.25, -0.2) is 0 Å². The minimum absolute atomic E-state index is 0.0133. The van der Waals surface area contributed by atoms with Gasteiger partial charge in [0, 0.05) is 25.6 Å². The SMILES string of the molecule is C=C[C@@H](C)[C@@H](OCOC)[C@@H](C)CO[Si](c1ccccc1)(c1ccccc1)C(C)(C)C. The van der Waals surface area contributed by atoms with Gasteiger partial charge >= 0.3 is 0 Å². The van der Waals surface area contributed by atoms with E-state index in [0.29, 0.717) is 6.61 Å². The molecule has 3 atom stereocenters. The second kappa shape index (κ2) is 11.1. The molecule has 2 rings (SSSR count). The van der Waals surface area contributed by atoms with Crippen molar-refractivity contribution in [1.82, 2.24) is 0 Å². The first-order chi connectivity index (χ1) is 14.3. The molecule has 0 heterocycles. The predicted molar refractivity (Wildman–Crippen MR) is 129 cm³/mol. The molecule has 0 aromatic heterocycles. The van der Waals surface area contributed by atoms with E-state index in [0.717, 1.165) is 0 Å². The Morgan fingerprint density at radius 3 is 1.83 bits per heavy atom. The summed E-state index contributed by atoms with van der Waals surface area (Å²) in [6, 6.07) is 21.5. The molecule has 2 aromatic rings. The number of hydrogen-bond donors (Lipinski definition) is 0. The smallest absolute Gasteiger partial charge is 0.261 e. The second-order valence-corrected chi connectivity index (χ2v) is 13.4. The molecular weight excluding hydrogens is 388 g/mol. The molecule has 164 valence electrons. The third kappa shape index (κ3) is 5.49. The first-order valence-electron chi connectivity index (χ1n) is 10.8. The molecule has 0 saturated carbocycles. The summed E-state index contributed by atoms with van der Waals surface area (Å²) < 4.78 is 18.2. The highest BCUT2D eigenvalue weighted by molar-refractivity contribution is 6.99. The highest BCUT2D eigenvalue weighted by atomic mass is 28.4. The van der Waals surface area contributed by atoms with Crippen molar-refractivity contribution in [3.63, 3.8) is 0 Å². The van der Waals surface area contributed by atoms with E-state index in [9.17, 15) is 0 Å². The zero-order valence-electron chi connectivity index (χ0n) is 19.4. The van der Waals surface area contributed by atoms with Gasteiger partial charge in [0.25, 0.3) is 8.32 Å². The van der Waals surface area contributed by atoms with Crippen LogP contribution in [0.3, 0.4) is 0 Å². The second-order valence-electron chi connectivity index (χ2n) is 9.08. The summed E-state index contributed by atoms with van der Waals surface area (Å²) in [5.74, 6) is 0.396. The van der Waals surface area contributed by atoms with Gasteiger partial charge in [0.05, 0.1) is 6.10 Å². The van der Waals surface area contributed by atoms with Gasteiger partial charge in [-0.1, -0.05) is 101 Å². The van der Waals surface area contributed by atoms with E-state index in [1.54, 1.807) is 7.11 Å². The molecule has 2 aromatic carbocycles. The van der Waals surface area contributed by atoms with Gasteiger partial charge in [-0.05, 0) is 15.4 Å². The number of ether oxygens (including phenoxy) is 2. The predicted octanol–water partition coefficient (Wildman–Crippen LogP) is 5.01. The summed E-state index contributed by atoms with van der Waals surface area (Å²) in [6.07, 6.45) is 1.93. The molecule has 0 aliphatic rings. The van der Waals surface area contributed by atoms with E-state index >= 15 is 0 Å². The first-order valence-corrected chi connectivity index (χ1v) is 12.7. The molecule has 0 saturated heterocycles. The summed E-state index contributed by atoms with van der Waals surface area (Å²) in [6.45, 7) is 16.1. The highest BCUT2D eigenvalue weighted by Crippen LogP contribution is 2.37. The third-order valence-corrected chi connectivity index (χ3v) is 10.8. The molecule has 0 spiro atoms. The minimum atomic E-state index is -2.55. The van der Waals surface area contributed by atoms with E-state index in [2.05, 4.69) is 102 Å². The van der Waals surface area contributed by atoms with Crippen LogP contribution < -0.4 is 10.4 Å². The van der Waals surface area contributed by atoms with E-state index in [4.69, 9.17) is 13.9 Å². The lowest BCUT2D eigenvalue weighted by Crippen LogP contribution is -2.67. The fourth-order valence-electron chi connectivity index (χ4n) is 4.23. The summed E-state index contributed by atoms with van der Waals surface area (Å²) in [7, 11) is -0.895. The normalized spacial score (nSPS) is 15.4. The molecule has 0 amide bonds. The monoisotopic (exact) mass is 426 g/mol. The number of benzene rings is 2. The number of rotatable bonds is 11. The molecule has 0 N–H and O–H groups in total. The van der Waals surface area contributed by atoms with Crippen molar-refractivity contribution in [2.24, 2.45) is 11.8 Å². The summed E-state index contributed by atoms with van der Waals surface area (Å²) in [5.41, 5.74) is 0. The van der Waals surface area contributed by atoms with Gasteiger partial charge in [0.15, 0.2) is 0 Å². The summed E-state index contributed by atoms with van der Waals surface area (Å²) >= 11 is 0. The fraction of sp³-hybridized carbons (Fsp3) is 0.462. The molecule has 0 unspecified atom stereocenters.